The predicted octanol–water partition coefficient (Wildman–Crippen LogP) is 5.03. The van der Waals surface area contributed by atoms with Gasteiger partial charge in [-0.1, -0.05) is 44.2 Å². The molecule has 8 heteroatoms. The van der Waals surface area contributed by atoms with Gasteiger partial charge in [0.25, 0.3) is 5.56 Å². The fraction of sp³-hybridized carbons (Fsp3) is 0.323. The molecule has 200 valence electrons. The Hall–Kier alpha value is -4.35. The maximum atomic E-state index is 12.5. The molecular weight excluding hydrogens is 488 g/mol. The minimum absolute atomic E-state index is 0.201. The van der Waals surface area contributed by atoms with Crippen molar-refractivity contribution in [2.45, 2.75) is 33.2 Å². The van der Waals surface area contributed by atoms with Crippen molar-refractivity contribution in [1.82, 2.24) is 24.6 Å². The number of piperidine rings is 1. The highest BCUT2D eigenvalue weighted by Gasteiger charge is 2.17. The van der Waals surface area contributed by atoms with E-state index in [1.165, 1.54) is 10.7 Å². The largest absolute Gasteiger partial charge is 0.490 e. The van der Waals surface area contributed by atoms with E-state index in [2.05, 4.69) is 33.1 Å². The summed E-state index contributed by atoms with van der Waals surface area (Å²) >= 11 is 0. The summed E-state index contributed by atoms with van der Waals surface area (Å²) in [6.07, 6.45) is 5.73. The molecule has 5 rings (SSSR count). The Balaban J connectivity index is 0.00000172. The Morgan fingerprint density at radius 1 is 0.974 bits per heavy atom. The Morgan fingerprint density at radius 3 is 2.44 bits per heavy atom. The molecular formula is C31H34N6O2. The van der Waals surface area contributed by atoms with Crippen molar-refractivity contribution in [3.63, 3.8) is 0 Å². The van der Waals surface area contributed by atoms with Gasteiger partial charge in [-0.05, 0) is 68.7 Å². The second-order valence-corrected chi connectivity index (χ2v) is 9.41. The monoisotopic (exact) mass is 522 g/mol. The first-order chi connectivity index (χ1) is 19.1. The molecule has 0 amide bonds. The minimum Gasteiger partial charge on any atom is -0.490 e. The number of likely N-dealkylation sites (tertiary alicyclic amines) is 1. The molecule has 0 unspecified atom stereocenters. The summed E-state index contributed by atoms with van der Waals surface area (Å²) in [5, 5.41) is 13.7. The standard InChI is InChI=1S/C29H28N6O2.C2H6/c1-34-12-10-21(11-13-34)20-37-26-17-31-29(32-18-26)25-7-3-5-23(15-25)19-35-28(36)9-8-27(33-35)24-6-2-4-22(14-24)16-30;1-2/h2-9,14-15,17-18,21H,10-13,19-20H2,1H3;1-2H3. The van der Waals surface area contributed by atoms with E-state index in [4.69, 9.17) is 4.74 Å². The van der Waals surface area contributed by atoms with Gasteiger partial charge < -0.3 is 9.64 Å². The van der Waals surface area contributed by atoms with Crippen LogP contribution in [0, 0.1) is 17.2 Å². The molecule has 1 aliphatic heterocycles. The molecule has 2 aromatic carbocycles. The van der Waals surface area contributed by atoms with E-state index in [1.54, 1.807) is 36.7 Å². The van der Waals surface area contributed by atoms with Crippen LogP contribution in [-0.4, -0.2) is 51.4 Å². The van der Waals surface area contributed by atoms with Gasteiger partial charge in [-0.15, -0.1) is 0 Å². The van der Waals surface area contributed by atoms with Crippen LogP contribution >= 0.6 is 0 Å². The van der Waals surface area contributed by atoms with Crippen LogP contribution in [-0.2, 0) is 6.54 Å². The van der Waals surface area contributed by atoms with Crippen LogP contribution in [0.25, 0.3) is 22.6 Å². The van der Waals surface area contributed by atoms with Crippen molar-refractivity contribution < 1.29 is 4.74 Å². The molecule has 3 heterocycles. The number of hydrogen-bond acceptors (Lipinski definition) is 7. The Kier molecular flexibility index (Phi) is 9.54. The highest BCUT2D eigenvalue weighted by molar-refractivity contribution is 5.60. The van der Waals surface area contributed by atoms with E-state index in [-0.39, 0.29) is 5.56 Å². The zero-order valence-electron chi connectivity index (χ0n) is 22.7. The molecule has 0 N–H and O–H groups in total. The SMILES string of the molecule is CC.CN1CCC(COc2cnc(-c3cccc(Cn4nc(-c5cccc(C#N)c5)ccc4=O)c3)nc2)CC1. The first-order valence-corrected chi connectivity index (χ1v) is 13.4. The summed E-state index contributed by atoms with van der Waals surface area (Å²) in [7, 11) is 2.15. The van der Waals surface area contributed by atoms with Gasteiger partial charge in [0.2, 0.25) is 0 Å². The second kappa shape index (κ2) is 13.4. The van der Waals surface area contributed by atoms with Crippen molar-refractivity contribution in [3.05, 3.63) is 94.5 Å². The van der Waals surface area contributed by atoms with Crippen molar-refractivity contribution in [3.8, 4) is 34.5 Å². The molecule has 0 atom stereocenters. The summed E-state index contributed by atoms with van der Waals surface area (Å²) in [5.41, 5.74) is 3.52. The van der Waals surface area contributed by atoms with E-state index >= 15 is 0 Å². The fourth-order valence-corrected chi connectivity index (χ4v) is 4.43. The average Bonchev–Trinajstić information content (AvgIpc) is 2.99. The molecule has 4 aromatic rings. The number of nitrogens with zero attached hydrogens (tertiary/aromatic N) is 6. The molecule has 0 spiro atoms. The van der Waals surface area contributed by atoms with Crippen LogP contribution in [0.15, 0.2) is 77.9 Å². The third-order valence-electron chi connectivity index (χ3n) is 6.62. The second-order valence-electron chi connectivity index (χ2n) is 9.41. The number of ether oxygens (including phenoxy) is 1. The van der Waals surface area contributed by atoms with Crippen LogP contribution in [0.3, 0.4) is 0 Å². The molecule has 2 aromatic heterocycles. The third kappa shape index (κ3) is 7.37. The fourth-order valence-electron chi connectivity index (χ4n) is 4.43. The maximum absolute atomic E-state index is 12.5. The van der Waals surface area contributed by atoms with E-state index < -0.39 is 0 Å². The summed E-state index contributed by atoms with van der Waals surface area (Å²) in [5.74, 6) is 1.83. The highest BCUT2D eigenvalue weighted by atomic mass is 16.5. The number of rotatable bonds is 7. The van der Waals surface area contributed by atoms with Gasteiger partial charge in [0, 0.05) is 17.2 Å². The first-order valence-electron chi connectivity index (χ1n) is 13.4. The molecule has 0 bridgehead atoms. The summed E-state index contributed by atoms with van der Waals surface area (Å²) in [4.78, 5) is 23.9. The van der Waals surface area contributed by atoms with E-state index in [9.17, 15) is 10.1 Å². The molecule has 0 saturated carbocycles. The van der Waals surface area contributed by atoms with Gasteiger partial charge in [0.05, 0.1) is 42.9 Å². The topological polar surface area (TPSA) is 96.9 Å². The quantitative estimate of drug-likeness (QED) is 0.336. The lowest BCUT2D eigenvalue weighted by Gasteiger charge is -2.28. The maximum Gasteiger partial charge on any atom is 0.267 e. The summed E-state index contributed by atoms with van der Waals surface area (Å²) in [6, 6.07) is 20.3. The Bertz CT molecular complexity index is 1470. The van der Waals surface area contributed by atoms with Crippen LogP contribution in [0.4, 0.5) is 0 Å². The van der Waals surface area contributed by atoms with Gasteiger partial charge in [-0.25, -0.2) is 14.6 Å². The summed E-state index contributed by atoms with van der Waals surface area (Å²) in [6.45, 7) is 7.21. The number of nitriles is 1. The molecule has 1 saturated heterocycles. The lowest BCUT2D eigenvalue weighted by molar-refractivity contribution is 0.159. The van der Waals surface area contributed by atoms with Crippen molar-refractivity contribution in [2.24, 2.45) is 5.92 Å². The van der Waals surface area contributed by atoms with Crippen LogP contribution in [0.1, 0.15) is 37.8 Å². The van der Waals surface area contributed by atoms with Gasteiger partial charge in [-0.3, -0.25) is 4.79 Å². The minimum atomic E-state index is -0.201. The zero-order valence-corrected chi connectivity index (χ0v) is 22.7. The average molecular weight is 523 g/mol. The molecule has 0 aliphatic carbocycles. The lowest BCUT2D eigenvalue weighted by Crippen LogP contribution is -2.32. The van der Waals surface area contributed by atoms with E-state index in [0.717, 1.165) is 42.6 Å². The molecule has 0 radical (unpaired) electrons. The van der Waals surface area contributed by atoms with Gasteiger partial charge >= 0.3 is 0 Å². The normalized spacial score (nSPS) is 13.7. The Morgan fingerprint density at radius 2 is 1.69 bits per heavy atom. The molecule has 8 nitrogen and oxygen atoms in total. The zero-order chi connectivity index (χ0) is 27.6. The molecule has 1 aliphatic rings. The smallest absolute Gasteiger partial charge is 0.267 e. The lowest BCUT2D eigenvalue weighted by atomic mass is 9.98. The van der Waals surface area contributed by atoms with Crippen LogP contribution in [0.2, 0.25) is 0 Å². The van der Waals surface area contributed by atoms with Gasteiger partial charge in [0.15, 0.2) is 11.6 Å². The number of benzene rings is 2. The van der Waals surface area contributed by atoms with Crippen molar-refractivity contribution in [1.29, 1.82) is 5.26 Å². The summed E-state index contributed by atoms with van der Waals surface area (Å²) < 4.78 is 7.37. The number of aromatic nitrogens is 4. The third-order valence-corrected chi connectivity index (χ3v) is 6.62. The molecule has 1 fully saturated rings. The van der Waals surface area contributed by atoms with Gasteiger partial charge in [-0.2, -0.15) is 10.4 Å². The van der Waals surface area contributed by atoms with Crippen molar-refractivity contribution >= 4 is 0 Å². The Labute approximate surface area is 229 Å². The van der Waals surface area contributed by atoms with Gasteiger partial charge in [0.1, 0.15) is 0 Å². The van der Waals surface area contributed by atoms with Crippen molar-refractivity contribution in [2.75, 3.05) is 26.7 Å². The van der Waals surface area contributed by atoms with Crippen LogP contribution in [0.5, 0.6) is 5.75 Å². The number of hydrogen-bond donors (Lipinski definition) is 0. The van der Waals surface area contributed by atoms with E-state index in [1.807, 2.05) is 44.2 Å². The predicted molar refractivity (Wildman–Crippen MR) is 152 cm³/mol. The first kappa shape index (κ1) is 27.7. The molecule has 39 heavy (non-hydrogen) atoms. The van der Waals surface area contributed by atoms with Crippen LogP contribution < -0.4 is 10.3 Å². The van der Waals surface area contributed by atoms with E-state index in [0.29, 0.717) is 41.9 Å². The highest BCUT2D eigenvalue weighted by Crippen LogP contribution is 2.21.